The Labute approximate surface area is 111 Å². The summed E-state index contributed by atoms with van der Waals surface area (Å²) in [4.78, 5) is 4.42. The van der Waals surface area contributed by atoms with Crippen LogP contribution in [0.5, 0.6) is 0 Å². The van der Waals surface area contributed by atoms with Crippen molar-refractivity contribution in [2.75, 3.05) is 7.05 Å². The van der Waals surface area contributed by atoms with Gasteiger partial charge in [-0.05, 0) is 25.8 Å². The first-order valence-electron chi connectivity index (χ1n) is 7.43. The fourth-order valence-electron chi connectivity index (χ4n) is 3.07. The van der Waals surface area contributed by atoms with Crippen molar-refractivity contribution >= 4 is 0 Å². The lowest BCUT2D eigenvalue weighted by Crippen LogP contribution is -2.29. The van der Waals surface area contributed by atoms with Gasteiger partial charge in [0.05, 0.1) is 0 Å². The van der Waals surface area contributed by atoms with E-state index in [1.54, 1.807) is 0 Å². The van der Waals surface area contributed by atoms with E-state index in [-0.39, 0.29) is 0 Å². The van der Waals surface area contributed by atoms with Gasteiger partial charge >= 0.3 is 0 Å². The molecule has 2 rings (SSSR count). The molecule has 1 fully saturated rings. The maximum atomic E-state index is 4.42. The van der Waals surface area contributed by atoms with E-state index < -0.39 is 0 Å². The van der Waals surface area contributed by atoms with Crippen LogP contribution < -0.4 is 5.32 Å². The van der Waals surface area contributed by atoms with Gasteiger partial charge in [-0.2, -0.15) is 0 Å². The average Bonchev–Trinajstić information content (AvgIpc) is 2.81. The first-order valence-corrected chi connectivity index (χ1v) is 7.43. The van der Waals surface area contributed by atoms with Crippen LogP contribution in [0, 0.1) is 5.92 Å². The van der Waals surface area contributed by atoms with Gasteiger partial charge in [0, 0.05) is 31.9 Å². The van der Waals surface area contributed by atoms with Crippen LogP contribution in [0.2, 0.25) is 0 Å². The second-order valence-electron chi connectivity index (χ2n) is 5.73. The number of hydrogen-bond acceptors (Lipinski definition) is 2. The number of imidazole rings is 1. The Balaban J connectivity index is 1.76. The molecule has 1 N–H and O–H groups in total. The second kappa shape index (κ2) is 6.93. The van der Waals surface area contributed by atoms with E-state index in [4.69, 9.17) is 0 Å². The molecule has 1 aromatic rings. The lowest BCUT2D eigenvalue weighted by Gasteiger charge is -2.24. The predicted octanol–water partition coefficient (Wildman–Crippen LogP) is 2.91. The molecule has 3 nitrogen and oxygen atoms in total. The summed E-state index contributed by atoms with van der Waals surface area (Å²) in [5, 5.41) is 3.45. The highest BCUT2D eigenvalue weighted by atomic mass is 15.0. The quantitative estimate of drug-likeness (QED) is 0.840. The number of likely N-dealkylation sites (N-methyl/N-ethyl adjacent to an activating group) is 1. The summed E-state index contributed by atoms with van der Waals surface area (Å²) in [5.74, 6) is 2.17. The Morgan fingerprint density at radius 1 is 1.39 bits per heavy atom. The minimum absolute atomic E-state index is 0.577. The van der Waals surface area contributed by atoms with E-state index in [1.807, 2.05) is 12.4 Å². The molecule has 3 heteroatoms. The van der Waals surface area contributed by atoms with E-state index in [9.17, 15) is 0 Å². The minimum Gasteiger partial charge on any atom is -0.338 e. The maximum Gasteiger partial charge on any atom is 0.109 e. The molecular weight excluding hydrogens is 222 g/mol. The molecule has 102 valence electrons. The standard InChI is InChI=1S/C15H27N3/c1-16-14(12-15-17-10-11-18(15)2)9-8-13-6-4-3-5-7-13/h10-11,13-14,16H,3-9,12H2,1-2H3. The van der Waals surface area contributed by atoms with Gasteiger partial charge in [0.25, 0.3) is 0 Å². The molecule has 1 unspecified atom stereocenters. The molecule has 1 saturated carbocycles. The molecule has 1 heterocycles. The first-order chi connectivity index (χ1) is 8.79. The van der Waals surface area contributed by atoms with Crippen LogP contribution in [-0.2, 0) is 13.5 Å². The third-order valence-electron chi connectivity index (χ3n) is 4.41. The van der Waals surface area contributed by atoms with Gasteiger partial charge < -0.3 is 9.88 Å². The maximum absolute atomic E-state index is 4.42. The third-order valence-corrected chi connectivity index (χ3v) is 4.41. The average molecular weight is 249 g/mol. The van der Waals surface area contributed by atoms with Crippen molar-refractivity contribution in [3.8, 4) is 0 Å². The molecular formula is C15H27N3. The molecule has 0 spiro atoms. The highest BCUT2D eigenvalue weighted by Crippen LogP contribution is 2.27. The summed E-state index contributed by atoms with van der Waals surface area (Å²) in [5.41, 5.74) is 0. The number of nitrogens with one attached hydrogen (secondary N) is 1. The number of aromatic nitrogens is 2. The fraction of sp³-hybridized carbons (Fsp3) is 0.800. The third kappa shape index (κ3) is 3.84. The van der Waals surface area contributed by atoms with Gasteiger partial charge in [-0.1, -0.05) is 32.1 Å². The Morgan fingerprint density at radius 2 is 2.17 bits per heavy atom. The molecule has 18 heavy (non-hydrogen) atoms. The highest BCUT2D eigenvalue weighted by Gasteiger charge is 2.16. The number of nitrogens with zero attached hydrogens (tertiary/aromatic N) is 2. The summed E-state index contributed by atoms with van der Waals surface area (Å²) in [6, 6.07) is 0.577. The number of aryl methyl sites for hydroxylation is 1. The summed E-state index contributed by atoms with van der Waals surface area (Å²) >= 11 is 0. The molecule has 0 saturated heterocycles. The van der Waals surface area contributed by atoms with Crippen LogP contribution in [-0.4, -0.2) is 22.6 Å². The summed E-state index contributed by atoms with van der Waals surface area (Å²) in [6.07, 6.45) is 14.9. The lowest BCUT2D eigenvalue weighted by molar-refractivity contribution is 0.314. The zero-order chi connectivity index (χ0) is 12.8. The molecule has 0 bridgehead atoms. The van der Waals surface area contributed by atoms with Gasteiger partial charge in [0.15, 0.2) is 0 Å². The van der Waals surface area contributed by atoms with Crippen molar-refractivity contribution in [3.05, 3.63) is 18.2 Å². The second-order valence-corrected chi connectivity index (χ2v) is 5.73. The predicted molar refractivity (Wildman–Crippen MR) is 75.6 cm³/mol. The van der Waals surface area contributed by atoms with E-state index in [0.717, 1.165) is 12.3 Å². The summed E-state index contributed by atoms with van der Waals surface area (Å²) < 4.78 is 2.13. The topological polar surface area (TPSA) is 29.9 Å². The van der Waals surface area contributed by atoms with E-state index in [2.05, 4.69) is 29.0 Å². The molecule has 0 aliphatic heterocycles. The lowest BCUT2D eigenvalue weighted by atomic mass is 9.85. The smallest absolute Gasteiger partial charge is 0.109 e. The molecule has 0 amide bonds. The van der Waals surface area contributed by atoms with Gasteiger partial charge in [-0.15, -0.1) is 0 Å². The molecule has 0 aromatic carbocycles. The normalized spacial score (nSPS) is 19.0. The minimum atomic E-state index is 0.577. The van der Waals surface area contributed by atoms with Crippen LogP contribution in [0.25, 0.3) is 0 Å². The van der Waals surface area contributed by atoms with E-state index in [1.165, 1.54) is 50.8 Å². The Morgan fingerprint density at radius 3 is 2.78 bits per heavy atom. The van der Waals surface area contributed by atoms with Crippen molar-refractivity contribution < 1.29 is 0 Å². The van der Waals surface area contributed by atoms with Crippen molar-refractivity contribution in [1.29, 1.82) is 0 Å². The van der Waals surface area contributed by atoms with Gasteiger partial charge in [-0.3, -0.25) is 0 Å². The van der Waals surface area contributed by atoms with Crippen LogP contribution in [0.15, 0.2) is 12.4 Å². The first kappa shape index (κ1) is 13.6. The fourth-order valence-corrected chi connectivity index (χ4v) is 3.07. The Hall–Kier alpha value is -0.830. The van der Waals surface area contributed by atoms with Crippen LogP contribution >= 0.6 is 0 Å². The number of hydrogen-bond donors (Lipinski definition) is 1. The summed E-state index contributed by atoms with van der Waals surface area (Å²) in [6.45, 7) is 0. The largest absolute Gasteiger partial charge is 0.338 e. The summed E-state index contributed by atoms with van der Waals surface area (Å²) in [7, 11) is 4.16. The van der Waals surface area contributed by atoms with Crippen molar-refractivity contribution in [2.24, 2.45) is 13.0 Å². The number of rotatable bonds is 6. The van der Waals surface area contributed by atoms with Crippen LogP contribution in [0.3, 0.4) is 0 Å². The monoisotopic (exact) mass is 249 g/mol. The van der Waals surface area contributed by atoms with Crippen molar-refractivity contribution in [1.82, 2.24) is 14.9 Å². The van der Waals surface area contributed by atoms with Gasteiger partial charge in [0.1, 0.15) is 5.82 Å². The van der Waals surface area contributed by atoms with Crippen molar-refractivity contribution in [3.63, 3.8) is 0 Å². The highest BCUT2D eigenvalue weighted by molar-refractivity contribution is 4.94. The van der Waals surface area contributed by atoms with Crippen molar-refractivity contribution in [2.45, 2.75) is 57.4 Å². The zero-order valence-electron chi connectivity index (χ0n) is 11.9. The van der Waals surface area contributed by atoms with Gasteiger partial charge in [0.2, 0.25) is 0 Å². The molecule has 1 atom stereocenters. The van der Waals surface area contributed by atoms with Gasteiger partial charge in [-0.25, -0.2) is 4.98 Å². The zero-order valence-corrected chi connectivity index (χ0v) is 11.9. The Bertz CT molecular complexity index is 339. The van der Waals surface area contributed by atoms with E-state index >= 15 is 0 Å². The van der Waals surface area contributed by atoms with Crippen LogP contribution in [0.1, 0.15) is 50.8 Å². The Kier molecular flexibility index (Phi) is 5.24. The molecule has 0 radical (unpaired) electrons. The molecule has 1 aliphatic rings. The SMILES string of the molecule is CNC(CCC1CCCCC1)Cc1nccn1C. The molecule has 1 aromatic heterocycles. The molecule has 1 aliphatic carbocycles. The van der Waals surface area contributed by atoms with Crippen LogP contribution in [0.4, 0.5) is 0 Å². The van der Waals surface area contributed by atoms with E-state index in [0.29, 0.717) is 6.04 Å².